The molecule has 3 aromatic rings. The zero-order valence-corrected chi connectivity index (χ0v) is 19.2. The zero-order valence-electron chi connectivity index (χ0n) is 18.2. The normalized spacial score (nSPS) is 20.9. The summed E-state index contributed by atoms with van der Waals surface area (Å²) in [6, 6.07) is 24.7. The second kappa shape index (κ2) is 9.95. The van der Waals surface area contributed by atoms with Crippen molar-refractivity contribution in [3.63, 3.8) is 0 Å². The van der Waals surface area contributed by atoms with E-state index in [4.69, 9.17) is 0 Å². The summed E-state index contributed by atoms with van der Waals surface area (Å²) < 4.78 is 40.2. The third-order valence-electron chi connectivity index (χ3n) is 7.10. The van der Waals surface area contributed by atoms with Gasteiger partial charge in [0.1, 0.15) is 0 Å². The van der Waals surface area contributed by atoms with E-state index in [1.807, 2.05) is 12.1 Å². The molecule has 168 valence electrons. The van der Waals surface area contributed by atoms with Gasteiger partial charge in [0.2, 0.25) is 0 Å². The van der Waals surface area contributed by atoms with Gasteiger partial charge in [-0.2, -0.15) is 0 Å². The second-order valence-electron chi connectivity index (χ2n) is 8.98. The third-order valence-corrected chi connectivity index (χ3v) is 12.5. The molecule has 1 heterocycles. The van der Waals surface area contributed by atoms with Crippen LogP contribution in [0.5, 0.6) is 5.75 Å². The molecule has 0 aromatic heterocycles. The molecule has 0 atom stereocenters. The van der Waals surface area contributed by atoms with Crippen LogP contribution in [0.3, 0.4) is 0 Å². The molecule has 1 aliphatic rings. The van der Waals surface area contributed by atoms with Gasteiger partial charge in [0, 0.05) is 0 Å². The van der Waals surface area contributed by atoms with Crippen LogP contribution in [0.25, 0.3) is 11.1 Å². The number of unbranched alkanes of at least 4 members (excludes halogenated alkanes) is 1. The maximum absolute atomic E-state index is 13.7. The van der Waals surface area contributed by atoms with Crippen molar-refractivity contribution in [3.05, 3.63) is 83.9 Å². The van der Waals surface area contributed by atoms with Gasteiger partial charge in [-0.3, -0.25) is 4.39 Å². The minimum Gasteiger partial charge on any atom is -0.503 e. The Balaban J connectivity index is 1.48. The molecule has 3 aromatic carbocycles. The molecule has 1 N–H and O–H groups in total. The van der Waals surface area contributed by atoms with Gasteiger partial charge in [-0.05, 0) is 54.0 Å². The van der Waals surface area contributed by atoms with E-state index in [9.17, 15) is 18.3 Å². The van der Waals surface area contributed by atoms with E-state index < -0.39 is 25.5 Å². The van der Waals surface area contributed by atoms with Crippen molar-refractivity contribution in [2.75, 3.05) is 6.67 Å². The van der Waals surface area contributed by atoms with Crippen LogP contribution in [0, 0.1) is 11.6 Å². The van der Waals surface area contributed by atoms with Gasteiger partial charge >= 0.3 is 0 Å². The SMILES string of the molecule is Oc1c(F)cc(-c2ccc(C3CC[Si](CCCCF)(c4ccccc4)CC3)cc2)cc1F. The van der Waals surface area contributed by atoms with E-state index in [1.165, 1.54) is 22.8 Å². The highest BCUT2D eigenvalue weighted by Gasteiger charge is 2.38. The maximum atomic E-state index is 13.7. The van der Waals surface area contributed by atoms with Gasteiger partial charge in [-0.25, -0.2) is 8.78 Å². The fraction of sp³-hybridized carbons (Fsp3) is 0.333. The van der Waals surface area contributed by atoms with E-state index in [1.54, 1.807) is 0 Å². The van der Waals surface area contributed by atoms with Crippen molar-refractivity contribution in [1.82, 2.24) is 0 Å². The Labute approximate surface area is 188 Å². The van der Waals surface area contributed by atoms with E-state index in [-0.39, 0.29) is 6.67 Å². The van der Waals surface area contributed by atoms with E-state index >= 15 is 0 Å². The van der Waals surface area contributed by atoms with E-state index in [2.05, 4.69) is 42.5 Å². The van der Waals surface area contributed by atoms with Crippen LogP contribution in [-0.2, 0) is 0 Å². The summed E-state index contributed by atoms with van der Waals surface area (Å²) in [6.07, 6.45) is 3.87. The molecule has 0 amide bonds. The van der Waals surface area contributed by atoms with E-state index in [0.717, 1.165) is 43.0 Å². The summed E-state index contributed by atoms with van der Waals surface area (Å²) in [5.74, 6) is -2.37. The van der Waals surface area contributed by atoms with Gasteiger partial charge in [0.25, 0.3) is 0 Å². The molecule has 0 bridgehead atoms. The summed E-state index contributed by atoms with van der Waals surface area (Å²) in [7, 11) is -1.63. The highest BCUT2D eigenvalue weighted by Crippen LogP contribution is 2.41. The summed E-state index contributed by atoms with van der Waals surface area (Å²) in [4.78, 5) is 0. The van der Waals surface area contributed by atoms with Gasteiger partial charge in [-0.15, -0.1) is 0 Å². The molecular weight excluding hydrogens is 425 g/mol. The highest BCUT2D eigenvalue weighted by atomic mass is 28.3. The topological polar surface area (TPSA) is 20.2 Å². The minimum atomic E-state index is -1.63. The monoisotopic (exact) mass is 454 g/mol. The number of alkyl halides is 1. The van der Waals surface area contributed by atoms with Crippen LogP contribution in [0.1, 0.15) is 37.2 Å². The van der Waals surface area contributed by atoms with Crippen LogP contribution in [-0.4, -0.2) is 19.9 Å². The second-order valence-corrected chi connectivity index (χ2v) is 13.6. The molecule has 5 heteroatoms. The predicted molar refractivity (Wildman–Crippen MR) is 127 cm³/mol. The molecule has 0 aliphatic carbocycles. The number of phenolic OH excluding ortho intramolecular Hbond substituents is 1. The van der Waals surface area contributed by atoms with Crippen molar-refractivity contribution in [3.8, 4) is 16.9 Å². The predicted octanol–water partition coefficient (Wildman–Crippen LogP) is 7.32. The Morgan fingerprint density at radius 1 is 0.812 bits per heavy atom. The van der Waals surface area contributed by atoms with Crippen molar-refractivity contribution in [1.29, 1.82) is 0 Å². The first-order valence-corrected chi connectivity index (χ1v) is 14.0. The molecule has 0 spiro atoms. The standard InChI is InChI=1S/C27H29F3OSi/c28-14-4-5-15-32(24-6-2-1-3-7-24)16-12-22(13-17-32)20-8-10-21(11-9-20)23-18-25(29)27(31)26(30)19-23/h1-3,6-11,18-19,22,31H,4-5,12-17H2. The number of benzene rings is 3. The molecule has 32 heavy (non-hydrogen) atoms. The Hall–Kier alpha value is -2.53. The average molecular weight is 455 g/mol. The Morgan fingerprint density at radius 2 is 1.44 bits per heavy atom. The lowest BCUT2D eigenvalue weighted by Gasteiger charge is -2.39. The largest absolute Gasteiger partial charge is 0.503 e. The van der Waals surface area contributed by atoms with E-state index in [0.29, 0.717) is 17.9 Å². The highest BCUT2D eigenvalue weighted by molar-refractivity contribution is 6.92. The number of halogens is 3. The van der Waals surface area contributed by atoms with Gasteiger partial charge in [-0.1, -0.05) is 84.3 Å². The molecule has 0 saturated carbocycles. The van der Waals surface area contributed by atoms with Crippen molar-refractivity contribution >= 4 is 13.3 Å². The lowest BCUT2D eigenvalue weighted by Crippen LogP contribution is -2.49. The molecule has 0 radical (unpaired) electrons. The average Bonchev–Trinajstić information content (AvgIpc) is 2.83. The molecular formula is C27H29F3OSi. The number of rotatable bonds is 7. The maximum Gasteiger partial charge on any atom is 0.187 e. The summed E-state index contributed by atoms with van der Waals surface area (Å²) >= 11 is 0. The molecule has 0 unspecified atom stereocenters. The third kappa shape index (κ3) is 4.78. The van der Waals surface area contributed by atoms with Gasteiger partial charge in [0.05, 0.1) is 14.7 Å². The fourth-order valence-electron chi connectivity index (χ4n) is 5.22. The Kier molecular flexibility index (Phi) is 7.04. The number of hydrogen-bond acceptors (Lipinski definition) is 1. The van der Waals surface area contributed by atoms with Gasteiger partial charge in [0.15, 0.2) is 17.4 Å². The summed E-state index contributed by atoms with van der Waals surface area (Å²) in [5, 5.41) is 10.8. The summed E-state index contributed by atoms with van der Waals surface area (Å²) in [5.41, 5.74) is 2.39. The number of hydrogen-bond donors (Lipinski definition) is 1. The fourth-order valence-corrected chi connectivity index (χ4v) is 10.5. The first-order valence-electron chi connectivity index (χ1n) is 11.4. The van der Waals surface area contributed by atoms with Gasteiger partial charge < -0.3 is 5.11 Å². The number of aromatic hydroxyl groups is 1. The minimum absolute atomic E-state index is 0.233. The molecule has 1 fully saturated rings. The Bertz CT molecular complexity index is 1010. The number of phenols is 1. The van der Waals surface area contributed by atoms with Crippen LogP contribution in [0.2, 0.25) is 18.1 Å². The van der Waals surface area contributed by atoms with Crippen LogP contribution in [0.15, 0.2) is 66.7 Å². The van der Waals surface area contributed by atoms with Crippen LogP contribution in [0.4, 0.5) is 13.2 Å². The molecule has 1 nitrogen and oxygen atoms in total. The quantitative estimate of drug-likeness (QED) is 0.293. The van der Waals surface area contributed by atoms with Crippen molar-refractivity contribution in [2.45, 2.75) is 49.7 Å². The smallest absolute Gasteiger partial charge is 0.187 e. The molecule has 1 aliphatic heterocycles. The first-order chi connectivity index (χ1) is 15.5. The zero-order chi connectivity index (χ0) is 22.6. The molecule has 1 saturated heterocycles. The first kappa shape index (κ1) is 22.7. The van der Waals surface area contributed by atoms with Crippen molar-refractivity contribution < 1.29 is 18.3 Å². The Morgan fingerprint density at radius 3 is 2.03 bits per heavy atom. The van der Waals surface area contributed by atoms with Crippen LogP contribution < -0.4 is 5.19 Å². The molecule has 4 rings (SSSR count). The lowest BCUT2D eigenvalue weighted by atomic mass is 9.92. The lowest BCUT2D eigenvalue weighted by molar-refractivity contribution is 0.396. The van der Waals surface area contributed by atoms with Crippen molar-refractivity contribution in [2.24, 2.45) is 0 Å². The summed E-state index contributed by atoms with van der Waals surface area (Å²) in [6.45, 7) is -0.233. The van der Waals surface area contributed by atoms with Crippen LogP contribution >= 0.6 is 0 Å².